The molecule has 0 fully saturated rings. The Bertz CT molecular complexity index is 928. The number of hydrogen-bond donors (Lipinski definition) is 2. The van der Waals surface area contributed by atoms with Crippen molar-refractivity contribution in [3.63, 3.8) is 0 Å². The Kier molecular flexibility index (Phi) is 3.22. The van der Waals surface area contributed by atoms with Crippen molar-refractivity contribution in [3.05, 3.63) is 37.0 Å². The highest BCUT2D eigenvalue weighted by Gasteiger charge is 2.13. The second-order valence-electron chi connectivity index (χ2n) is 4.81. The minimum atomic E-state index is -0.470. The molecule has 0 aliphatic heterocycles. The van der Waals surface area contributed by atoms with Crippen LogP contribution in [0.3, 0.4) is 0 Å². The Hall–Kier alpha value is -3.23. The molecule has 8 nitrogen and oxygen atoms in total. The van der Waals surface area contributed by atoms with Gasteiger partial charge in [-0.25, -0.2) is 14.4 Å². The lowest BCUT2D eigenvalue weighted by molar-refractivity contribution is 0.427. The number of aromatic nitrogens is 6. The smallest absolute Gasteiger partial charge is 0.198 e. The number of furan rings is 1. The zero-order valence-electron chi connectivity index (χ0n) is 11.9. The van der Waals surface area contributed by atoms with Crippen LogP contribution in [0, 0.1) is 0 Å². The van der Waals surface area contributed by atoms with Gasteiger partial charge < -0.3 is 9.73 Å². The molecule has 116 valence electrons. The molecule has 9 heteroatoms. The van der Waals surface area contributed by atoms with Crippen LogP contribution in [0.5, 0.6) is 0 Å². The van der Waals surface area contributed by atoms with Crippen molar-refractivity contribution in [3.8, 4) is 11.6 Å². The summed E-state index contributed by atoms with van der Waals surface area (Å²) in [5.41, 5.74) is 2.02. The van der Waals surface area contributed by atoms with E-state index in [1.165, 1.54) is 4.68 Å². The van der Waals surface area contributed by atoms with E-state index in [4.69, 9.17) is 4.42 Å². The summed E-state index contributed by atoms with van der Waals surface area (Å²) in [6.07, 6.45) is 6.48. The molecule has 0 aliphatic rings. The highest BCUT2D eigenvalue weighted by molar-refractivity contribution is 5.88. The summed E-state index contributed by atoms with van der Waals surface area (Å²) in [6.45, 7) is -0.259. The van der Waals surface area contributed by atoms with E-state index in [0.717, 1.165) is 0 Å². The van der Waals surface area contributed by atoms with Crippen molar-refractivity contribution < 1.29 is 8.81 Å². The van der Waals surface area contributed by atoms with Crippen molar-refractivity contribution in [1.29, 1.82) is 0 Å². The zero-order chi connectivity index (χ0) is 15.6. The van der Waals surface area contributed by atoms with Gasteiger partial charge in [0.25, 0.3) is 0 Å². The Morgan fingerprint density at radius 2 is 2.26 bits per heavy atom. The summed E-state index contributed by atoms with van der Waals surface area (Å²) in [7, 11) is 0. The van der Waals surface area contributed by atoms with E-state index < -0.39 is 6.67 Å². The first-order valence-corrected chi connectivity index (χ1v) is 6.94. The molecule has 0 spiro atoms. The lowest BCUT2D eigenvalue weighted by Crippen LogP contribution is -2.00. The van der Waals surface area contributed by atoms with Gasteiger partial charge >= 0.3 is 0 Å². The number of anilines is 2. The molecule has 2 N–H and O–H groups in total. The van der Waals surface area contributed by atoms with Crippen LogP contribution in [-0.4, -0.2) is 36.6 Å². The van der Waals surface area contributed by atoms with Gasteiger partial charge in [0.1, 0.15) is 17.7 Å². The number of halogens is 1. The van der Waals surface area contributed by atoms with Crippen molar-refractivity contribution in [1.82, 2.24) is 29.9 Å². The van der Waals surface area contributed by atoms with Gasteiger partial charge in [0.2, 0.25) is 0 Å². The Morgan fingerprint density at radius 3 is 3.09 bits per heavy atom. The summed E-state index contributed by atoms with van der Waals surface area (Å²) in [5.74, 6) is 1.55. The number of H-pyrrole nitrogens is 1. The van der Waals surface area contributed by atoms with Gasteiger partial charge in [-0.2, -0.15) is 10.2 Å². The van der Waals surface area contributed by atoms with Gasteiger partial charge in [0, 0.05) is 6.20 Å². The molecule has 0 saturated carbocycles. The van der Waals surface area contributed by atoms with Crippen molar-refractivity contribution in [2.24, 2.45) is 0 Å². The molecule has 0 amide bonds. The lowest BCUT2D eigenvalue weighted by Gasteiger charge is -2.05. The van der Waals surface area contributed by atoms with Gasteiger partial charge in [-0.1, -0.05) is 0 Å². The summed E-state index contributed by atoms with van der Waals surface area (Å²) < 4.78 is 19.2. The first kappa shape index (κ1) is 13.4. The maximum Gasteiger partial charge on any atom is 0.198 e. The number of fused-ring (bicyclic) bond motifs is 1. The molecule has 4 aromatic rings. The highest BCUT2D eigenvalue weighted by atomic mass is 19.1. The van der Waals surface area contributed by atoms with E-state index in [1.54, 1.807) is 37.0 Å². The van der Waals surface area contributed by atoms with Crippen LogP contribution in [0.1, 0.15) is 0 Å². The third kappa shape index (κ3) is 2.52. The first-order valence-electron chi connectivity index (χ1n) is 6.94. The molecule has 0 radical (unpaired) electrons. The summed E-state index contributed by atoms with van der Waals surface area (Å²) in [6, 6.07) is 3.55. The second kappa shape index (κ2) is 5.52. The average molecular weight is 313 g/mol. The maximum absolute atomic E-state index is 12.4. The predicted molar refractivity (Wildman–Crippen MR) is 80.9 cm³/mol. The Morgan fingerprint density at radius 1 is 1.30 bits per heavy atom. The van der Waals surface area contributed by atoms with Crippen molar-refractivity contribution in [2.45, 2.75) is 6.54 Å². The molecule has 0 aromatic carbocycles. The number of rotatable bonds is 5. The lowest BCUT2D eigenvalue weighted by atomic mass is 10.3. The largest absolute Gasteiger partial charge is 0.461 e. The van der Waals surface area contributed by atoms with Crippen LogP contribution >= 0.6 is 0 Å². The molecule has 4 aromatic heterocycles. The summed E-state index contributed by atoms with van der Waals surface area (Å²) in [4.78, 5) is 8.87. The van der Waals surface area contributed by atoms with E-state index in [1.807, 2.05) is 0 Å². The normalized spacial score (nSPS) is 11.2. The topological polar surface area (TPSA) is 97.5 Å². The molecule has 0 aliphatic carbocycles. The van der Waals surface area contributed by atoms with Crippen LogP contribution in [0.15, 0.2) is 41.4 Å². The molecular weight excluding hydrogens is 301 g/mol. The van der Waals surface area contributed by atoms with Crippen LogP contribution < -0.4 is 5.32 Å². The van der Waals surface area contributed by atoms with E-state index in [-0.39, 0.29) is 6.54 Å². The fraction of sp³-hybridized carbons (Fsp3) is 0.143. The number of aromatic amines is 1. The summed E-state index contributed by atoms with van der Waals surface area (Å²) >= 11 is 0. The third-order valence-electron chi connectivity index (χ3n) is 3.25. The van der Waals surface area contributed by atoms with Gasteiger partial charge in [-0.15, -0.1) is 0 Å². The van der Waals surface area contributed by atoms with E-state index in [9.17, 15) is 4.39 Å². The van der Waals surface area contributed by atoms with E-state index in [0.29, 0.717) is 34.1 Å². The fourth-order valence-corrected chi connectivity index (χ4v) is 2.22. The fourth-order valence-electron chi connectivity index (χ4n) is 2.22. The zero-order valence-corrected chi connectivity index (χ0v) is 11.9. The number of alkyl halides is 1. The van der Waals surface area contributed by atoms with Crippen molar-refractivity contribution >= 4 is 22.5 Å². The third-order valence-corrected chi connectivity index (χ3v) is 3.25. The van der Waals surface area contributed by atoms with E-state index >= 15 is 0 Å². The van der Waals surface area contributed by atoms with Crippen LogP contribution in [0.2, 0.25) is 0 Å². The quantitative estimate of drug-likeness (QED) is 0.587. The highest BCUT2D eigenvalue weighted by Crippen LogP contribution is 2.25. The minimum absolute atomic E-state index is 0.211. The van der Waals surface area contributed by atoms with Gasteiger partial charge in [-0.3, -0.25) is 9.78 Å². The van der Waals surface area contributed by atoms with Crippen molar-refractivity contribution in [2.75, 3.05) is 12.0 Å². The number of nitrogens with zero attached hydrogens (tertiary/aromatic N) is 5. The van der Waals surface area contributed by atoms with Gasteiger partial charge in [0.05, 0.1) is 30.9 Å². The predicted octanol–water partition coefficient (Wildman–Crippen LogP) is 2.52. The molecule has 4 heterocycles. The molecular formula is C14H12FN7O. The summed E-state index contributed by atoms with van der Waals surface area (Å²) in [5, 5.41) is 14.1. The molecule has 0 atom stereocenters. The Balaban J connectivity index is 1.74. The average Bonchev–Trinajstić information content (AvgIpc) is 3.29. The number of hydrogen-bond acceptors (Lipinski definition) is 6. The molecule has 23 heavy (non-hydrogen) atoms. The Labute approximate surface area is 129 Å². The van der Waals surface area contributed by atoms with Crippen LogP contribution in [0.4, 0.5) is 15.9 Å². The molecule has 0 unspecified atom stereocenters. The van der Waals surface area contributed by atoms with Gasteiger partial charge in [0.15, 0.2) is 17.4 Å². The monoisotopic (exact) mass is 313 g/mol. The molecule has 4 rings (SSSR count). The number of nitrogens with one attached hydrogen (secondary N) is 2. The minimum Gasteiger partial charge on any atom is -0.461 e. The maximum atomic E-state index is 12.4. The standard InChI is InChI=1S/C14H12FN7O/c15-3-4-22-8-9(6-17-22)18-14-12-10(7-16-21-12)19-13(20-14)11-2-1-5-23-11/h1-2,5-8H,3-4H2,(H,16,21)(H,18,19,20). The van der Waals surface area contributed by atoms with Crippen LogP contribution in [0.25, 0.3) is 22.6 Å². The first-order chi connectivity index (χ1) is 11.3. The molecule has 0 bridgehead atoms. The number of aryl methyl sites for hydroxylation is 1. The van der Waals surface area contributed by atoms with Gasteiger partial charge in [-0.05, 0) is 12.1 Å². The molecule has 0 saturated heterocycles. The SMILES string of the molecule is FCCn1cc(Nc2nc(-c3ccco3)nc3cn[nH]c23)cn1. The van der Waals surface area contributed by atoms with Crippen LogP contribution in [-0.2, 0) is 6.54 Å². The second-order valence-corrected chi connectivity index (χ2v) is 4.81. The van der Waals surface area contributed by atoms with E-state index in [2.05, 4.69) is 30.6 Å².